The fraction of sp³-hybridized carbons (Fsp3) is 0.641. The fourth-order valence-corrected chi connectivity index (χ4v) is 7.48. The third-order valence-electron chi connectivity index (χ3n) is 11.7. The van der Waals surface area contributed by atoms with Crippen LogP contribution >= 0.6 is 0 Å². The summed E-state index contributed by atoms with van der Waals surface area (Å²) in [6.07, 6.45) is 79.1. The Morgan fingerprint density at radius 3 is 0.971 bits per heavy atom. The predicted molar refractivity (Wildman–Crippen MR) is 302 cm³/mol. The molecule has 0 rings (SSSR count). The number of carbonyl (C=O) groups excluding carboxylic acids is 3. The zero-order valence-electron chi connectivity index (χ0n) is 45.2. The first-order valence-corrected chi connectivity index (χ1v) is 28.5. The number of unbranched alkanes of at least 4 members (excludes halogenated alkanes) is 19. The minimum Gasteiger partial charge on any atom is -0.462 e. The van der Waals surface area contributed by atoms with Crippen LogP contribution in [0, 0.1) is 0 Å². The minimum absolute atomic E-state index is 0.115. The van der Waals surface area contributed by atoms with E-state index in [1.165, 1.54) is 83.5 Å². The van der Waals surface area contributed by atoms with Gasteiger partial charge in [0.05, 0.1) is 0 Å². The van der Waals surface area contributed by atoms with E-state index in [1.54, 1.807) is 0 Å². The lowest BCUT2D eigenvalue weighted by Crippen LogP contribution is -2.30. The van der Waals surface area contributed by atoms with Crippen LogP contribution in [0.1, 0.15) is 245 Å². The molecule has 0 aromatic carbocycles. The molecule has 0 aromatic heterocycles. The molecular formula is C64H104O6. The van der Waals surface area contributed by atoms with E-state index in [1.807, 2.05) is 6.08 Å². The number of hydrogen-bond acceptors (Lipinski definition) is 6. The van der Waals surface area contributed by atoms with E-state index < -0.39 is 6.10 Å². The molecule has 1 unspecified atom stereocenters. The number of carbonyl (C=O) groups is 3. The van der Waals surface area contributed by atoms with Crippen molar-refractivity contribution in [3.63, 3.8) is 0 Å². The van der Waals surface area contributed by atoms with Gasteiger partial charge in [0, 0.05) is 19.3 Å². The van der Waals surface area contributed by atoms with Crippen LogP contribution in [-0.2, 0) is 28.6 Å². The second kappa shape index (κ2) is 57.4. The lowest BCUT2D eigenvalue weighted by molar-refractivity contribution is -0.166. The second-order valence-corrected chi connectivity index (χ2v) is 18.4. The van der Waals surface area contributed by atoms with Gasteiger partial charge in [-0.1, -0.05) is 232 Å². The Bertz CT molecular complexity index is 1490. The lowest BCUT2D eigenvalue weighted by atomic mass is 10.1. The van der Waals surface area contributed by atoms with Gasteiger partial charge in [0.25, 0.3) is 0 Å². The molecule has 396 valence electrons. The van der Waals surface area contributed by atoms with Crippen LogP contribution in [0.2, 0.25) is 0 Å². The number of ether oxygens (including phenoxy) is 3. The normalized spacial score (nSPS) is 13.0. The molecule has 0 aliphatic carbocycles. The summed E-state index contributed by atoms with van der Waals surface area (Å²) in [7, 11) is 0. The summed E-state index contributed by atoms with van der Waals surface area (Å²) >= 11 is 0. The summed E-state index contributed by atoms with van der Waals surface area (Å²) in [6.45, 7) is 6.33. The molecule has 1 atom stereocenters. The summed E-state index contributed by atoms with van der Waals surface area (Å²) < 4.78 is 16.8. The first kappa shape index (κ1) is 65.8. The van der Waals surface area contributed by atoms with E-state index in [0.717, 1.165) is 116 Å². The van der Waals surface area contributed by atoms with E-state index in [-0.39, 0.29) is 37.5 Å². The van der Waals surface area contributed by atoms with E-state index in [4.69, 9.17) is 14.2 Å². The molecule has 0 aliphatic heterocycles. The zero-order valence-corrected chi connectivity index (χ0v) is 45.2. The highest BCUT2D eigenvalue weighted by Gasteiger charge is 2.19. The molecule has 6 heteroatoms. The number of hydrogen-bond donors (Lipinski definition) is 0. The molecule has 0 saturated heterocycles. The number of rotatable bonds is 50. The lowest BCUT2D eigenvalue weighted by Gasteiger charge is -2.18. The Balaban J connectivity index is 4.54. The van der Waals surface area contributed by atoms with Crippen LogP contribution in [-0.4, -0.2) is 37.2 Å². The standard InChI is InChI=1S/C64H104O6/c1-4-7-10-13-16-19-22-25-28-30-32-34-36-39-42-45-48-51-54-57-63(66)69-60-61(59-68-62(65)56-53-50-47-44-41-38-35-27-24-21-18-15-12-9-6-3)70-64(67)58-55-52-49-46-43-40-37-33-31-29-26-23-20-17-14-11-8-5-2/h7,9-10,12,16,18-19,21,25,27-29,31-32,34-35,39,42,48,51,61H,4-6,8,11,13-15,17,20,22-24,26,30,33,36-38,40-41,43-47,49-50,52-60H2,1-3H3/b10-7-,12-9-,19-16-,21-18-,28-25-,31-29-,34-32-,35-27-,42-39-,51-48-. The largest absolute Gasteiger partial charge is 0.462 e. The highest BCUT2D eigenvalue weighted by Crippen LogP contribution is 2.14. The topological polar surface area (TPSA) is 78.9 Å². The average molecular weight is 970 g/mol. The first-order valence-electron chi connectivity index (χ1n) is 28.5. The van der Waals surface area contributed by atoms with Crippen molar-refractivity contribution in [2.45, 2.75) is 252 Å². The molecule has 0 aromatic rings. The van der Waals surface area contributed by atoms with E-state index in [9.17, 15) is 14.4 Å². The summed E-state index contributed by atoms with van der Waals surface area (Å²) in [4.78, 5) is 38.1. The highest BCUT2D eigenvalue weighted by molar-refractivity contribution is 5.71. The Morgan fingerprint density at radius 1 is 0.300 bits per heavy atom. The van der Waals surface area contributed by atoms with Crippen LogP contribution in [0.5, 0.6) is 0 Å². The maximum absolute atomic E-state index is 12.9. The van der Waals surface area contributed by atoms with Crippen molar-refractivity contribution in [2.24, 2.45) is 0 Å². The molecule has 6 nitrogen and oxygen atoms in total. The molecule has 0 N–H and O–H groups in total. The third-order valence-corrected chi connectivity index (χ3v) is 11.7. The molecule has 0 spiro atoms. The summed E-state index contributed by atoms with van der Waals surface area (Å²) in [5.74, 6) is -1.02. The average Bonchev–Trinajstić information content (AvgIpc) is 3.36. The Morgan fingerprint density at radius 2 is 0.586 bits per heavy atom. The van der Waals surface area contributed by atoms with Gasteiger partial charge in [0.2, 0.25) is 0 Å². The van der Waals surface area contributed by atoms with E-state index in [2.05, 4.69) is 136 Å². The monoisotopic (exact) mass is 969 g/mol. The molecule has 0 amide bonds. The summed E-state index contributed by atoms with van der Waals surface area (Å²) in [6, 6.07) is 0. The smallest absolute Gasteiger partial charge is 0.306 e. The van der Waals surface area contributed by atoms with E-state index in [0.29, 0.717) is 19.3 Å². The third kappa shape index (κ3) is 54.7. The van der Waals surface area contributed by atoms with Crippen molar-refractivity contribution < 1.29 is 28.6 Å². The van der Waals surface area contributed by atoms with Gasteiger partial charge in [-0.3, -0.25) is 14.4 Å². The van der Waals surface area contributed by atoms with Gasteiger partial charge >= 0.3 is 17.9 Å². The molecule has 0 aliphatic rings. The van der Waals surface area contributed by atoms with Crippen LogP contribution in [0.25, 0.3) is 0 Å². The maximum Gasteiger partial charge on any atom is 0.306 e. The second-order valence-electron chi connectivity index (χ2n) is 18.4. The van der Waals surface area contributed by atoms with Crippen LogP contribution in [0.4, 0.5) is 0 Å². The molecule has 0 heterocycles. The Kier molecular flexibility index (Phi) is 54.0. The predicted octanol–water partition coefficient (Wildman–Crippen LogP) is 19.3. The van der Waals surface area contributed by atoms with Crippen molar-refractivity contribution in [1.82, 2.24) is 0 Å². The van der Waals surface area contributed by atoms with Crippen molar-refractivity contribution in [3.8, 4) is 0 Å². The summed E-state index contributed by atoms with van der Waals surface area (Å²) in [5.41, 5.74) is 0. The van der Waals surface area contributed by atoms with Crippen LogP contribution < -0.4 is 0 Å². The van der Waals surface area contributed by atoms with Crippen molar-refractivity contribution in [2.75, 3.05) is 13.2 Å². The molecule has 0 bridgehead atoms. The summed E-state index contributed by atoms with van der Waals surface area (Å²) in [5, 5.41) is 0. The highest BCUT2D eigenvalue weighted by atomic mass is 16.6. The van der Waals surface area contributed by atoms with Gasteiger partial charge in [0.1, 0.15) is 13.2 Å². The number of allylic oxidation sites excluding steroid dienone is 20. The first-order chi connectivity index (χ1) is 34.5. The zero-order chi connectivity index (χ0) is 50.7. The quantitative estimate of drug-likeness (QED) is 0.0262. The molecule has 70 heavy (non-hydrogen) atoms. The van der Waals surface area contributed by atoms with Gasteiger partial charge in [0.15, 0.2) is 6.10 Å². The Labute approximate surface area is 431 Å². The SMILES string of the molecule is CC/C=C\C/C=C\C/C=C\C/C=C\C/C=C\C/C=C\CCC(=O)OCC(COC(=O)CCCCCCC/C=C\C/C=C\C/C=C\CC)OC(=O)CCCCCCCCC/C=C\CCCCCCCCC. The van der Waals surface area contributed by atoms with Gasteiger partial charge in [-0.25, -0.2) is 0 Å². The Hall–Kier alpha value is -4.19. The van der Waals surface area contributed by atoms with Crippen molar-refractivity contribution in [1.29, 1.82) is 0 Å². The minimum atomic E-state index is -0.822. The maximum atomic E-state index is 12.9. The van der Waals surface area contributed by atoms with Crippen molar-refractivity contribution in [3.05, 3.63) is 122 Å². The van der Waals surface area contributed by atoms with Gasteiger partial charge in [-0.2, -0.15) is 0 Å². The van der Waals surface area contributed by atoms with E-state index >= 15 is 0 Å². The molecular weight excluding hydrogens is 865 g/mol. The molecule has 0 fully saturated rings. The van der Waals surface area contributed by atoms with Gasteiger partial charge in [-0.15, -0.1) is 0 Å². The fourth-order valence-electron chi connectivity index (χ4n) is 7.48. The number of esters is 3. The van der Waals surface area contributed by atoms with Crippen LogP contribution in [0.3, 0.4) is 0 Å². The van der Waals surface area contributed by atoms with Gasteiger partial charge < -0.3 is 14.2 Å². The van der Waals surface area contributed by atoms with Crippen LogP contribution in [0.15, 0.2) is 122 Å². The van der Waals surface area contributed by atoms with Gasteiger partial charge in [-0.05, 0) is 116 Å². The van der Waals surface area contributed by atoms with Crippen molar-refractivity contribution >= 4 is 17.9 Å². The molecule has 0 radical (unpaired) electrons. The molecule has 0 saturated carbocycles.